The van der Waals surface area contributed by atoms with Crippen molar-refractivity contribution in [3.8, 4) is 5.75 Å². The molecule has 28 heavy (non-hydrogen) atoms. The van der Waals surface area contributed by atoms with Gasteiger partial charge in [0.05, 0.1) is 6.61 Å². The van der Waals surface area contributed by atoms with Gasteiger partial charge in [0.2, 0.25) is 0 Å². The van der Waals surface area contributed by atoms with Crippen LogP contribution in [0.5, 0.6) is 5.75 Å². The van der Waals surface area contributed by atoms with Crippen molar-refractivity contribution in [3.05, 3.63) is 28.8 Å². The fourth-order valence-corrected chi connectivity index (χ4v) is 3.55. The molecule has 0 unspecified atom stereocenters. The van der Waals surface area contributed by atoms with Gasteiger partial charge in [-0.15, -0.1) is 0 Å². The zero-order chi connectivity index (χ0) is 20.9. The monoisotopic (exact) mass is 390 g/mol. The smallest absolute Gasteiger partial charge is 0.306 e. The van der Waals surface area contributed by atoms with E-state index in [0.717, 1.165) is 42.4 Å². The van der Waals surface area contributed by atoms with E-state index >= 15 is 0 Å². The lowest BCUT2D eigenvalue weighted by Crippen LogP contribution is -2.08. The maximum absolute atomic E-state index is 12.1. The van der Waals surface area contributed by atoms with Crippen LogP contribution in [0, 0.1) is 11.8 Å². The average molecular weight is 391 g/mol. The molecule has 0 saturated carbocycles. The van der Waals surface area contributed by atoms with Crippen molar-refractivity contribution < 1.29 is 14.6 Å². The molecule has 0 heterocycles. The summed E-state index contributed by atoms with van der Waals surface area (Å²) < 4.78 is 5.40. The summed E-state index contributed by atoms with van der Waals surface area (Å²) >= 11 is 0. The van der Waals surface area contributed by atoms with Gasteiger partial charge in [-0.25, -0.2) is 0 Å². The Morgan fingerprint density at radius 2 is 1.46 bits per heavy atom. The van der Waals surface area contributed by atoms with Gasteiger partial charge in [0, 0.05) is 6.42 Å². The highest BCUT2D eigenvalue weighted by Crippen LogP contribution is 2.29. The number of phenolic OH excluding ortho intramolecular Hbond substituents is 1. The van der Waals surface area contributed by atoms with Crippen molar-refractivity contribution in [2.45, 2.75) is 98.8 Å². The van der Waals surface area contributed by atoms with Crippen LogP contribution in [0.15, 0.2) is 12.1 Å². The van der Waals surface area contributed by atoms with Crippen LogP contribution >= 0.6 is 0 Å². The minimum Gasteiger partial charge on any atom is -0.507 e. The van der Waals surface area contributed by atoms with Gasteiger partial charge in [0.1, 0.15) is 5.75 Å². The number of aryl methyl sites for hydroxylation is 1. The van der Waals surface area contributed by atoms with Crippen molar-refractivity contribution in [2.24, 2.45) is 11.8 Å². The molecule has 1 aromatic carbocycles. The lowest BCUT2D eigenvalue weighted by atomic mass is 9.92. The predicted molar refractivity (Wildman–Crippen MR) is 118 cm³/mol. The summed E-state index contributed by atoms with van der Waals surface area (Å²) in [5, 5.41) is 10.6. The maximum atomic E-state index is 12.1. The number of rotatable bonds is 14. The van der Waals surface area contributed by atoms with Crippen LogP contribution in [-0.4, -0.2) is 17.7 Å². The van der Waals surface area contributed by atoms with Gasteiger partial charge < -0.3 is 9.84 Å². The Labute approximate surface area is 172 Å². The number of hydrogen-bond acceptors (Lipinski definition) is 3. The Kier molecular flexibility index (Phi) is 11.9. The van der Waals surface area contributed by atoms with E-state index in [0.29, 0.717) is 37.0 Å². The minimum absolute atomic E-state index is 0.113. The summed E-state index contributed by atoms with van der Waals surface area (Å²) in [5.41, 5.74) is 3.13. The number of ether oxygens (including phenoxy) is 1. The standard InChI is InChI=1S/C25H42O3/c1-6-7-8-9-10-11-14-28-24(26)13-12-21-17-22(15-19(2)3)25(27)23(18-21)16-20(4)5/h17-20,27H,6-16H2,1-5H3. The highest BCUT2D eigenvalue weighted by atomic mass is 16.5. The zero-order valence-electron chi connectivity index (χ0n) is 18.9. The first-order valence-electron chi connectivity index (χ1n) is 11.3. The van der Waals surface area contributed by atoms with E-state index in [4.69, 9.17) is 4.74 Å². The van der Waals surface area contributed by atoms with Gasteiger partial charge in [-0.1, -0.05) is 78.9 Å². The van der Waals surface area contributed by atoms with E-state index in [2.05, 4.69) is 46.8 Å². The molecule has 0 saturated heterocycles. The molecular weight excluding hydrogens is 348 g/mol. The molecule has 0 atom stereocenters. The number of phenols is 1. The van der Waals surface area contributed by atoms with E-state index in [1.165, 1.54) is 25.7 Å². The number of carbonyl (C=O) groups is 1. The van der Waals surface area contributed by atoms with Gasteiger partial charge in [0.15, 0.2) is 0 Å². The predicted octanol–water partition coefficient (Wildman–Crippen LogP) is 6.63. The number of benzene rings is 1. The normalized spacial score (nSPS) is 11.4. The van der Waals surface area contributed by atoms with Crippen LogP contribution in [0.25, 0.3) is 0 Å². The molecule has 0 amide bonds. The number of unbranched alkanes of at least 4 members (excludes halogenated alkanes) is 5. The molecule has 3 nitrogen and oxygen atoms in total. The van der Waals surface area contributed by atoms with Crippen molar-refractivity contribution >= 4 is 5.97 Å². The molecule has 0 spiro atoms. The van der Waals surface area contributed by atoms with Crippen molar-refractivity contribution in [1.82, 2.24) is 0 Å². The molecule has 0 radical (unpaired) electrons. The Balaban J connectivity index is 2.54. The molecule has 160 valence electrons. The molecule has 0 fully saturated rings. The quantitative estimate of drug-likeness (QED) is 0.286. The number of esters is 1. The van der Waals surface area contributed by atoms with Crippen LogP contribution in [0.1, 0.15) is 96.3 Å². The second kappa shape index (κ2) is 13.6. The van der Waals surface area contributed by atoms with Crippen LogP contribution in [-0.2, 0) is 28.8 Å². The Morgan fingerprint density at radius 1 is 0.929 bits per heavy atom. The van der Waals surface area contributed by atoms with Crippen LogP contribution < -0.4 is 0 Å². The third kappa shape index (κ3) is 10.1. The SMILES string of the molecule is CCCCCCCCOC(=O)CCc1cc(CC(C)C)c(O)c(CC(C)C)c1. The van der Waals surface area contributed by atoms with E-state index in [-0.39, 0.29) is 5.97 Å². The first kappa shape index (κ1) is 24.5. The summed E-state index contributed by atoms with van der Waals surface area (Å²) in [6.45, 7) is 11.4. The molecule has 1 aromatic rings. The zero-order valence-corrected chi connectivity index (χ0v) is 18.9. The Bertz CT molecular complexity index is 544. The maximum Gasteiger partial charge on any atom is 0.306 e. The molecule has 0 aliphatic carbocycles. The second-order valence-electron chi connectivity index (χ2n) is 8.95. The van der Waals surface area contributed by atoms with Crippen molar-refractivity contribution in [2.75, 3.05) is 6.61 Å². The highest BCUT2D eigenvalue weighted by molar-refractivity contribution is 5.69. The van der Waals surface area contributed by atoms with Crippen molar-refractivity contribution in [1.29, 1.82) is 0 Å². The first-order chi connectivity index (χ1) is 13.3. The third-order valence-electron chi connectivity index (χ3n) is 4.96. The molecule has 3 heteroatoms. The van der Waals surface area contributed by atoms with Gasteiger partial charge in [-0.2, -0.15) is 0 Å². The van der Waals surface area contributed by atoms with E-state index in [9.17, 15) is 9.90 Å². The fourth-order valence-electron chi connectivity index (χ4n) is 3.55. The van der Waals surface area contributed by atoms with E-state index in [1.807, 2.05) is 0 Å². The lowest BCUT2D eigenvalue weighted by molar-refractivity contribution is -0.143. The number of carbonyl (C=O) groups excluding carboxylic acids is 1. The largest absolute Gasteiger partial charge is 0.507 e. The molecule has 0 aromatic heterocycles. The summed E-state index contributed by atoms with van der Waals surface area (Å²) in [6.07, 6.45) is 9.95. The van der Waals surface area contributed by atoms with E-state index in [1.54, 1.807) is 0 Å². The topological polar surface area (TPSA) is 46.5 Å². The van der Waals surface area contributed by atoms with Crippen LogP contribution in [0.3, 0.4) is 0 Å². The molecular formula is C25H42O3. The summed E-state index contributed by atoms with van der Waals surface area (Å²) in [6, 6.07) is 4.14. The van der Waals surface area contributed by atoms with E-state index < -0.39 is 0 Å². The van der Waals surface area contributed by atoms with Crippen LogP contribution in [0.2, 0.25) is 0 Å². The molecule has 0 bridgehead atoms. The highest BCUT2D eigenvalue weighted by Gasteiger charge is 2.14. The van der Waals surface area contributed by atoms with Crippen LogP contribution in [0.4, 0.5) is 0 Å². The van der Waals surface area contributed by atoms with Gasteiger partial charge in [-0.05, 0) is 54.2 Å². The molecule has 1 N–H and O–H groups in total. The number of aromatic hydroxyl groups is 1. The molecule has 1 rings (SSSR count). The lowest BCUT2D eigenvalue weighted by Gasteiger charge is -2.16. The first-order valence-corrected chi connectivity index (χ1v) is 11.3. The minimum atomic E-state index is -0.113. The summed E-state index contributed by atoms with van der Waals surface area (Å²) in [5.74, 6) is 1.29. The van der Waals surface area contributed by atoms with Gasteiger partial charge in [-0.3, -0.25) is 4.79 Å². The average Bonchev–Trinajstić information content (AvgIpc) is 2.62. The second-order valence-corrected chi connectivity index (χ2v) is 8.95. The third-order valence-corrected chi connectivity index (χ3v) is 4.96. The fraction of sp³-hybridized carbons (Fsp3) is 0.720. The summed E-state index contributed by atoms with van der Waals surface area (Å²) in [4.78, 5) is 12.1. The van der Waals surface area contributed by atoms with Crippen molar-refractivity contribution in [3.63, 3.8) is 0 Å². The number of hydrogen-bond donors (Lipinski definition) is 1. The Morgan fingerprint density at radius 3 is 2.00 bits per heavy atom. The molecule has 0 aliphatic rings. The molecule has 0 aliphatic heterocycles. The van der Waals surface area contributed by atoms with Gasteiger partial charge >= 0.3 is 5.97 Å². The Hall–Kier alpha value is -1.51. The summed E-state index contributed by atoms with van der Waals surface area (Å²) in [7, 11) is 0. The van der Waals surface area contributed by atoms with Gasteiger partial charge in [0.25, 0.3) is 0 Å².